The van der Waals surface area contributed by atoms with Crippen molar-refractivity contribution < 1.29 is 0 Å². The molecule has 0 fully saturated rings. The highest BCUT2D eigenvalue weighted by Gasteiger charge is 2.22. The van der Waals surface area contributed by atoms with Crippen molar-refractivity contribution in [1.82, 2.24) is 5.32 Å². The van der Waals surface area contributed by atoms with Crippen LogP contribution in [0.1, 0.15) is 44.7 Å². The van der Waals surface area contributed by atoms with Gasteiger partial charge in [0, 0.05) is 11.5 Å². The van der Waals surface area contributed by atoms with Crippen LogP contribution in [0.25, 0.3) is 0 Å². The first kappa shape index (κ1) is 15.8. The van der Waals surface area contributed by atoms with Crippen molar-refractivity contribution in [3.63, 3.8) is 0 Å². The standard InChI is InChI=1S/C20H27N/c1-16(15-21-20(2,3)4)19(17-11-7-5-8-12-17)18-13-9-6-10-14-18/h5-14,16,19,21H,15H2,1-4H3. The molecule has 1 N–H and O–H groups in total. The number of benzene rings is 2. The van der Waals surface area contributed by atoms with Crippen LogP contribution in [0.15, 0.2) is 60.7 Å². The van der Waals surface area contributed by atoms with Gasteiger partial charge in [-0.3, -0.25) is 0 Å². The van der Waals surface area contributed by atoms with Crippen molar-refractivity contribution in [3.05, 3.63) is 71.8 Å². The zero-order valence-corrected chi connectivity index (χ0v) is 13.6. The van der Waals surface area contributed by atoms with E-state index in [-0.39, 0.29) is 5.54 Å². The molecule has 0 spiro atoms. The molecule has 0 bridgehead atoms. The van der Waals surface area contributed by atoms with Gasteiger partial charge in [-0.2, -0.15) is 0 Å². The fourth-order valence-corrected chi connectivity index (χ4v) is 2.76. The lowest BCUT2D eigenvalue weighted by Crippen LogP contribution is -2.39. The van der Waals surface area contributed by atoms with Crippen LogP contribution < -0.4 is 5.32 Å². The Morgan fingerprint density at radius 2 is 1.24 bits per heavy atom. The van der Waals surface area contributed by atoms with E-state index in [0.29, 0.717) is 11.8 Å². The molecule has 1 unspecified atom stereocenters. The van der Waals surface area contributed by atoms with E-state index >= 15 is 0 Å². The SMILES string of the molecule is CC(CNC(C)(C)C)C(c1ccccc1)c1ccccc1. The summed E-state index contributed by atoms with van der Waals surface area (Å²) in [4.78, 5) is 0. The maximum absolute atomic E-state index is 3.64. The number of nitrogens with one attached hydrogen (secondary N) is 1. The molecule has 0 heterocycles. The molecule has 0 aromatic heterocycles. The summed E-state index contributed by atoms with van der Waals surface area (Å²) >= 11 is 0. The minimum atomic E-state index is 0.159. The van der Waals surface area contributed by atoms with Gasteiger partial charge in [0.05, 0.1) is 0 Å². The molecule has 0 aliphatic carbocycles. The van der Waals surface area contributed by atoms with Gasteiger partial charge in [0.15, 0.2) is 0 Å². The van der Waals surface area contributed by atoms with Crippen LogP contribution in [-0.4, -0.2) is 12.1 Å². The molecule has 112 valence electrons. The Labute approximate surface area is 129 Å². The second-order valence-electron chi connectivity index (χ2n) is 6.91. The van der Waals surface area contributed by atoms with E-state index in [1.807, 2.05) is 0 Å². The van der Waals surface area contributed by atoms with E-state index in [9.17, 15) is 0 Å². The fraction of sp³-hybridized carbons (Fsp3) is 0.400. The van der Waals surface area contributed by atoms with Crippen molar-refractivity contribution in [3.8, 4) is 0 Å². The second kappa shape index (κ2) is 6.91. The van der Waals surface area contributed by atoms with Gasteiger partial charge < -0.3 is 5.32 Å². The largest absolute Gasteiger partial charge is 0.312 e. The van der Waals surface area contributed by atoms with Crippen LogP contribution in [0.3, 0.4) is 0 Å². The third-order valence-electron chi connectivity index (χ3n) is 3.84. The number of rotatable bonds is 5. The Morgan fingerprint density at radius 3 is 1.62 bits per heavy atom. The molecule has 0 saturated heterocycles. The molecule has 1 nitrogen and oxygen atoms in total. The Kier molecular flexibility index (Phi) is 5.19. The molecule has 2 aromatic rings. The van der Waals surface area contributed by atoms with Gasteiger partial charge in [0.25, 0.3) is 0 Å². The molecule has 2 rings (SSSR count). The Balaban J connectivity index is 2.25. The maximum atomic E-state index is 3.64. The lowest BCUT2D eigenvalue weighted by Gasteiger charge is -2.29. The molecule has 0 aliphatic rings. The predicted molar refractivity (Wildman–Crippen MR) is 91.6 cm³/mol. The summed E-state index contributed by atoms with van der Waals surface area (Å²) in [5.41, 5.74) is 2.95. The van der Waals surface area contributed by atoms with Crippen LogP contribution in [0.4, 0.5) is 0 Å². The first-order valence-corrected chi connectivity index (χ1v) is 7.82. The summed E-state index contributed by atoms with van der Waals surface area (Å²) < 4.78 is 0. The zero-order valence-electron chi connectivity index (χ0n) is 13.6. The van der Waals surface area contributed by atoms with Gasteiger partial charge >= 0.3 is 0 Å². The van der Waals surface area contributed by atoms with Crippen molar-refractivity contribution >= 4 is 0 Å². The summed E-state index contributed by atoms with van der Waals surface area (Å²) in [5.74, 6) is 0.969. The lowest BCUT2D eigenvalue weighted by atomic mass is 9.81. The van der Waals surface area contributed by atoms with E-state index in [2.05, 4.69) is 93.7 Å². The quantitative estimate of drug-likeness (QED) is 0.826. The molecule has 21 heavy (non-hydrogen) atoms. The molecular formula is C20H27N. The van der Waals surface area contributed by atoms with Crippen LogP contribution in [0.2, 0.25) is 0 Å². The van der Waals surface area contributed by atoms with Gasteiger partial charge in [-0.05, 0) is 44.4 Å². The van der Waals surface area contributed by atoms with E-state index < -0.39 is 0 Å². The van der Waals surface area contributed by atoms with E-state index in [4.69, 9.17) is 0 Å². The lowest BCUT2D eigenvalue weighted by molar-refractivity contribution is 0.366. The summed E-state index contributed by atoms with van der Waals surface area (Å²) in [6, 6.07) is 21.7. The molecule has 0 aliphatic heterocycles. The van der Waals surface area contributed by atoms with Crippen molar-refractivity contribution in [1.29, 1.82) is 0 Å². The van der Waals surface area contributed by atoms with E-state index in [1.165, 1.54) is 11.1 Å². The smallest absolute Gasteiger partial charge is 0.0127 e. The Morgan fingerprint density at radius 1 is 0.810 bits per heavy atom. The minimum absolute atomic E-state index is 0.159. The summed E-state index contributed by atoms with van der Waals surface area (Å²) in [6.07, 6.45) is 0. The highest BCUT2D eigenvalue weighted by Crippen LogP contribution is 2.31. The maximum Gasteiger partial charge on any atom is 0.0127 e. The van der Waals surface area contributed by atoms with Gasteiger partial charge in [0.2, 0.25) is 0 Å². The molecule has 1 atom stereocenters. The molecule has 0 amide bonds. The molecule has 0 saturated carbocycles. The van der Waals surface area contributed by atoms with Gasteiger partial charge in [0.1, 0.15) is 0 Å². The summed E-state index contributed by atoms with van der Waals surface area (Å²) in [5, 5.41) is 3.64. The molecule has 2 aromatic carbocycles. The number of hydrogen-bond donors (Lipinski definition) is 1. The highest BCUT2D eigenvalue weighted by atomic mass is 14.9. The summed E-state index contributed by atoms with van der Waals surface area (Å²) in [7, 11) is 0. The molecular weight excluding hydrogens is 254 g/mol. The second-order valence-corrected chi connectivity index (χ2v) is 6.91. The topological polar surface area (TPSA) is 12.0 Å². The average molecular weight is 281 g/mol. The van der Waals surface area contributed by atoms with E-state index in [1.54, 1.807) is 0 Å². The zero-order chi connectivity index (χ0) is 15.3. The third-order valence-corrected chi connectivity index (χ3v) is 3.84. The number of hydrogen-bond acceptors (Lipinski definition) is 1. The van der Waals surface area contributed by atoms with Gasteiger partial charge in [-0.25, -0.2) is 0 Å². The fourth-order valence-electron chi connectivity index (χ4n) is 2.76. The predicted octanol–water partition coefficient (Wildman–Crippen LogP) is 4.84. The normalized spacial score (nSPS) is 13.4. The van der Waals surface area contributed by atoms with Crippen LogP contribution in [-0.2, 0) is 0 Å². The first-order valence-electron chi connectivity index (χ1n) is 7.82. The van der Waals surface area contributed by atoms with Crippen molar-refractivity contribution in [2.45, 2.75) is 39.2 Å². The van der Waals surface area contributed by atoms with Crippen LogP contribution in [0.5, 0.6) is 0 Å². The van der Waals surface area contributed by atoms with Gasteiger partial charge in [-0.1, -0.05) is 67.6 Å². The van der Waals surface area contributed by atoms with Crippen LogP contribution in [0, 0.1) is 5.92 Å². The Hall–Kier alpha value is -1.60. The monoisotopic (exact) mass is 281 g/mol. The van der Waals surface area contributed by atoms with Gasteiger partial charge in [-0.15, -0.1) is 0 Å². The third kappa shape index (κ3) is 4.71. The van der Waals surface area contributed by atoms with Crippen molar-refractivity contribution in [2.24, 2.45) is 5.92 Å². The first-order chi connectivity index (χ1) is 9.97. The molecule has 0 radical (unpaired) electrons. The highest BCUT2D eigenvalue weighted by molar-refractivity contribution is 5.33. The van der Waals surface area contributed by atoms with E-state index in [0.717, 1.165) is 6.54 Å². The summed E-state index contributed by atoms with van der Waals surface area (Å²) in [6.45, 7) is 10.0. The van der Waals surface area contributed by atoms with Crippen molar-refractivity contribution in [2.75, 3.05) is 6.54 Å². The minimum Gasteiger partial charge on any atom is -0.312 e. The van der Waals surface area contributed by atoms with Crippen LogP contribution >= 0.6 is 0 Å². The average Bonchev–Trinajstić information content (AvgIpc) is 2.47. The molecule has 1 heteroatoms. The Bertz CT molecular complexity index is 485.